The maximum atomic E-state index is 13.9. The van der Waals surface area contributed by atoms with E-state index in [0.29, 0.717) is 12.5 Å². The fourth-order valence-electron chi connectivity index (χ4n) is 6.44. The van der Waals surface area contributed by atoms with Crippen molar-refractivity contribution in [3.63, 3.8) is 0 Å². The minimum absolute atomic E-state index is 0.00711. The summed E-state index contributed by atoms with van der Waals surface area (Å²) >= 11 is 10.0. The van der Waals surface area contributed by atoms with Crippen molar-refractivity contribution in [2.24, 2.45) is 5.92 Å². The van der Waals surface area contributed by atoms with Crippen molar-refractivity contribution in [2.75, 3.05) is 39.8 Å². The van der Waals surface area contributed by atoms with Gasteiger partial charge in [-0.25, -0.2) is 4.98 Å². The number of fused-ring (bicyclic) bond motifs is 2. The molecule has 1 amide bonds. The van der Waals surface area contributed by atoms with Gasteiger partial charge in [0, 0.05) is 61.2 Å². The number of pyridine rings is 1. The molecule has 7 nitrogen and oxygen atoms in total. The van der Waals surface area contributed by atoms with Gasteiger partial charge in [0.15, 0.2) is 0 Å². The van der Waals surface area contributed by atoms with Crippen molar-refractivity contribution in [1.29, 1.82) is 0 Å². The molecule has 0 saturated carbocycles. The lowest BCUT2D eigenvalue weighted by Crippen LogP contribution is -2.58. The number of hydrogen-bond acceptors (Lipinski definition) is 5. The van der Waals surface area contributed by atoms with E-state index in [2.05, 4.69) is 71.6 Å². The van der Waals surface area contributed by atoms with Crippen molar-refractivity contribution in [1.82, 2.24) is 29.2 Å². The lowest BCUT2D eigenvalue weighted by Gasteiger charge is -2.43. The summed E-state index contributed by atoms with van der Waals surface area (Å²) in [5, 5.41) is 0.767. The van der Waals surface area contributed by atoms with Crippen LogP contribution in [-0.2, 0) is 24.2 Å². The van der Waals surface area contributed by atoms with Crippen molar-refractivity contribution in [3.8, 4) is 0 Å². The molecule has 0 spiro atoms. The Balaban J connectivity index is 1.24. The zero-order valence-corrected chi connectivity index (χ0v) is 24.3. The molecule has 3 atom stereocenters. The van der Waals surface area contributed by atoms with Gasteiger partial charge in [0.05, 0.1) is 23.8 Å². The molecule has 6 rings (SSSR count). The molecule has 0 radical (unpaired) electrons. The van der Waals surface area contributed by atoms with Gasteiger partial charge >= 0.3 is 0 Å². The second-order valence-corrected chi connectivity index (χ2v) is 12.4. The van der Waals surface area contributed by atoms with Gasteiger partial charge < -0.3 is 9.47 Å². The van der Waals surface area contributed by atoms with E-state index >= 15 is 0 Å². The summed E-state index contributed by atoms with van der Waals surface area (Å²) in [5.41, 5.74) is 5.93. The van der Waals surface area contributed by atoms with Gasteiger partial charge in [-0.2, -0.15) is 0 Å². The van der Waals surface area contributed by atoms with Crippen LogP contribution in [0, 0.1) is 12.8 Å². The zero-order valence-electron chi connectivity index (χ0n) is 22.0. The van der Waals surface area contributed by atoms with Crippen LogP contribution in [0.25, 0.3) is 0 Å². The Kier molecular flexibility index (Phi) is 7.33. The molecule has 1 aromatic carbocycles. The molecular weight excluding hydrogens is 564 g/mol. The summed E-state index contributed by atoms with van der Waals surface area (Å²) < 4.78 is 3.15. The van der Waals surface area contributed by atoms with E-state index in [-0.39, 0.29) is 18.0 Å². The van der Waals surface area contributed by atoms with E-state index < -0.39 is 0 Å². The predicted octanol–water partition coefficient (Wildman–Crippen LogP) is 4.36. The molecule has 3 aliphatic rings. The number of imidazole rings is 1. The average molecular weight is 598 g/mol. The first-order valence-electron chi connectivity index (χ1n) is 13.5. The monoisotopic (exact) mass is 596 g/mol. The molecule has 2 fully saturated rings. The first-order chi connectivity index (χ1) is 18.4. The number of aryl methyl sites for hydroxylation is 3. The van der Waals surface area contributed by atoms with Gasteiger partial charge in [-0.15, -0.1) is 0 Å². The van der Waals surface area contributed by atoms with Crippen LogP contribution in [0.1, 0.15) is 40.5 Å². The Bertz CT molecular complexity index is 1290. The van der Waals surface area contributed by atoms with Gasteiger partial charge in [0.25, 0.3) is 0 Å². The highest BCUT2D eigenvalue weighted by Gasteiger charge is 2.40. The first kappa shape index (κ1) is 26.0. The maximum absolute atomic E-state index is 13.9. The minimum atomic E-state index is -0.170. The van der Waals surface area contributed by atoms with E-state index in [4.69, 9.17) is 16.6 Å². The van der Waals surface area contributed by atoms with Crippen molar-refractivity contribution >= 4 is 33.4 Å². The van der Waals surface area contributed by atoms with Crippen LogP contribution in [0.15, 0.2) is 47.5 Å². The van der Waals surface area contributed by atoms with E-state index in [1.807, 2.05) is 25.5 Å². The minimum Gasteiger partial charge on any atom is -0.341 e. The Hall–Kier alpha value is -2.26. The number of likely N-dealkylation sites (N-methyl/N-ethyl adjacent to an activating group) is 1. The quantitative estimate of drug-likeness (QED) is 0.448. The molecular formula is C29H34BrClN6O. The third-order valence-corrected chi connectivity index (χ3v) is 9.12. The second-order valence-electron chi connectivity index (χ2n) is 11.1. The normalized spacial score (nSPS) is 24.2. The smallest absolute Gasteiger partial charge is 0.241 e. The Labute approximate surface area is 237 Å². The van der Waals surface area contributed by atoms with Gasteiger partial charge in [0.1, 0.15) is 6.04 Å². The van der Waals surface area contributed by atoms with Crippen LogP contribution < -0.4 is 0 Å². The number of hydrogen-bond donors (Lipinski definition) is 0. The largest absolute Gasteiger partial charge is 0.341 e. The molecule has 9 heteroatoms. The molecule has 0 N–H and O–H groups in total. The molecule has 4 heterocycles. The summed E-state index contributed by atoms with van der Waals surface area (Å²) in [6.07, 6.45) is 8.77. The molecule has 2 aromatic heterocycles. The Morgan fingerprint density at radius 1 is 1.11 bits per heavy atom. The number of likely N-dealkylation sites (tertiary alicyclic amines) is 1. The fourth-order valence-corrected chi connectivity index (χ4v) is 7.01. The molecule has 200 valence electrons. The number of carbonyl (C=O) groups is 1. The number of nitrogens with zero attached hydrogens (tertiary/aromatic N) is 6. The van der Waals surface area contributed by atoms with E-state index in [1.54, 1.807) is 0 Å². The van der Waals surface area contributed by atoms with Crippen molar-refractivity contribution < 1.29 is 4.79 Å². The zero-order chi connectivity index (χ0) is 26.4. The molecule has 1 unspecified atom stereocenters. The number of aromatic nitrogens is 3. The maximum Gasteiger partial charge on any atom is 0.241 e. The van der Waals surface area contributed by atoms with Crippen molar-refractivity contribution in [2.45, 2.75) is 44.8 Å². The fraction of sp³-hybridized carbons (Fsp3) is 0.483. The van der Waals surface area contributed by atoms with Gasteiger partial charge in [-0.3, -0.25) is 19.6 Å². The van der Waals surface area contributed by atoms with E-state index in [9.17, 15) is 4.79 Å². The van der Waals surface area contributed by atoms with Crippen LogP contribution >= 0.6 is 27.5 Å². The summed E-state index contributed by atoms with van der Waals surface area (Å²) in [7, 11) is 2.09. The molecule has 2 saturated heterocycles. The summed E-state index contributed by atoms with van der Waals surface area (Å²) in [4.78, 5) is 30.0. The number of benzene rings is 1. The molecule has 1 aliphatic carbocycles. The van der Waals surface area contributed by atoms with E-state index in [1.165, 1.54) is 16.7 Å². The topological polar surface area (TPSA) is 57.5 Å². The van der Waals surface area contributed by atoms with Gasteiger partial charge in [-0.1, -0.05) is 17.7 Å². The van der Waals surface area contributed by atoms with Gasteiger partial charge in [0.2, 0.25) is 5.91 Å². The molecule has 38 heavy (non-hydrogen) atoms. The summed E-state index contributed by atoms with van der Waals surface area (Å²) in [6, 6.07) is 8.30. The lowest BCUT2D eigenvalue weighted by atomic mass is 9.95. The summed E-state index contributed by atoms with van der Waals surface area (Å²) in [6.45, 7) is 6.96. The Morgan fingerprint density at radius 2 is 1.95 bits per heavy atom. The lowest BCUT2D eigenvalue weighted by molar-refractivity contribution is -0.138. The standard InChI is InChI=1S/C29H34BrClN6O/c1-19-14-35(18-33-19)15-20-7-8-37(16-20)29(38)26-17-36(10-9-34(26)2)28-25-6-5-24(31)12-21(25)3-4-22-11-23(30)13-32-27(22)28/h5-6,11-14,18,20,26,28H,3-4,7-10,15-17H2,1-2H3/t20-,26-,28?/m1/s1. The second kappa shape index (κ2) is 10.7. The van der Waals surface area contributed by atoms with Crippen LogP contribution in [0.5, 0.6) is 0 Å². The third-order valence-electron chi connectivity index (χ3n) is 8.45. The SMILES string of the molecule is Cc1cn(C[C@H]2CCN(C(=O)[C@H]3CN(C4c5ccc(Cl)cc5CCc5cc(Br)cnc54)CCN3C)C2)cn1. The Morgan fingerprint density at radius 3 is 2.76 bits per heavy atom. The molecule has 0 bridgehead atoms. The molecule has 2 aliphatic heterocycles. The molecule has 3 aromatic rings. The van der Waals surface area contributed by atoms with Crippen molar-refractivity contribution in [3.05, 3.63) is 80.6 Å². The van der Waals surface area contributed by atoms with E-state index in [0.717, 1.165) is 72.9 Å². The highest BCUT2D eigenvalue weighted by molar-refractivity contribution is 9.10. The predicted molar refractivity (Wildman–Crippen MR) is 152 cm³/mol. The average Bonchev–Trinajstić information content (AvgIpc) is 3.50. The first-order valence-corrected chi connectivity index (χ1v) is 14.7. The van der Waals surface area contributed by atoms with Crippen LogP contribution in [0.3, 0.4) is 0 Å². The highest BCUT2D eigenvalue weighted by atomic mass is 79.9. The van der Waals surface area contributed by atoms with Gasteiger partial charge in [-0.05, 0) is 90.0 Å². The summed E-state index contributed by atoms with van der Waals surface area (Å²) in [5.74, 6) is 0.709. The number of piperazine rings is 1. The number of rotatable bonds is 4. The van der Waals surface area contributed by atoms with Crippen LogP contribution in [0.4, 0.5) is 0 Å². The number of carbonyl (C=O) groups excluding carboxylic acids is 1. The van der Waals surface area contributed by atoms with Crippen LogP contribution in [-0.4, -0.2) is 81.0 Å². The van der Waals surface area contributed by atoms with Crippen LogP contribution in [0.2, 0.25) is 5.02 Å². The number of halogens is 2. The highest BCUT2D eigenvalue weighted by Crippen LogP contribution is 2.38. The third kappa shape index (κ3) is 5.16. The number of amides is 1.